The molecule has 3 nitrogen and oxygen atoms in total. The van der Waals surface area contributed by atoms with Crippen molar-refractivity contribution >= 4 is 17.4 Å². The molecule has 0 aliphatic rings. The van der Waals surface area contributed by atoms with Gasteiger partial charge in [0.25, 0.3) is 0 Å². The minimum Gasteiger partial charge on any atom is -0.493 e. The Kier molecular flexibility index (Phi) is 5.67. The summed E-state index contributed by atoms with van der Waals surface area (Å²) in [7, 11) is 0. The highest BCUT2D eigenvalue weighted by Gasteiger charge is 2.20. The first-order valence-corrected chi connectivity index (χ1v) is 6.94. The SMILES string of the molecule is Cc1ccc(Cl)cc1OCCCCC(C)(C)C(=N)N. The number of nitrogens with two attached hydrogens (primary N) is 1. The molecule has 1 aromatic carbocycles. The van der Waals surface area contributed by atoms with Gasteiger partial charge >= 0.3 is 0 Å². The number of nitrogens with one attached hydrogen (secondary N) is 1. The van der Waals surface area contributed by atoms with Crippen molar-refractivity contribution in [2.75, 3.05) is 6.61 Å². The third kappa shape index (κ3) is 5.11. The first kappa shape index (κ1) is 15.8. The van der Waals surface area contributed by atoms with E-state index in [1.807, 2.05) is 39.0 Å². The van der Waals surface area contributed by atoms with Crippen LogP contribution in [0.1, 0.15) is 38.7 Å². The molecule has 4 heteroatoms. The van der Waals surface area contributed by atoms with E-state index in [9.17, 15) is 0 Å². The summed E-state index contributed by atoms with van der Waals surface area (Å²) in [6, 6.07) is 5.66. The molecule has 0 aromatic heterocycles. The van der Waals surface area contributed by atoms with Gasteiger partial charge in [-0.25, -0.2) is 0 Å². The molecule has 0 amide bonds. The molecule has 0 aliphatic heterocycles. The molecule has 1 rings (SSSR count). The number of rotatable bonds is 7. The van der Waals surface area contributed by atoms with Gasteiger partial charge in [-0.15, -0.1) is 0 Å². The van der Waals surface area contributed by atoms with Gasteiger partial charge in [0.05, 0.1) is 12.4 Å². The van der Waals surface area contributed by atoms with Gasteiger partial charge < -0.3 is 10.5 Å². The third-order valence-corrected chi connectivity index (χ3v) is 3.57. The van der Waals surface area contributed by atoms with Gasteiger partial charge in [0.15, 0.2) is 0 Å². The molecule has 0 saturated heterocycles. The average molecular weight is 283 g/mol. The molecule has 0 spiro atoms. The smallest absolute Gasteiger partial charge is 0.123 e. The maximum Gasteiger partial charge on any atom is 0.123 e. The summed E-state index contributed by atoms with van der Waals surface area (Å²) in [4.78, 5) is 0. The van der Waals surface area contributed by atoms with Crippen molar-refractivity contribution in [1.29, 1.82) is 5.41 Å². The van der Waals surface area contributed by atoms with Gasteiger partial charge in [0, 0.05) is 10.4 Å². The molecule has 0 bridgehead atoms. The topological polar surface area (TPSA) is 59.1 Å². The highest BCUT2D eigenvalue weighted by atomic mass is 35.5. The van der Waals surface area contributed by atoms with Crippen LogP contribution in [0.15, 0.2) is 18.2 Å². The van der Waals surface area contributed by atoms with Gasteiger partial charge in [-0.3, -0.25) is 5.41 Å². The molecule has 0 aliphatic carbocycles. The standard InChI is InChI=1S/C15H23ClN2O/c1-11-6-7-12(16)10-13(11)19-9-5-4-8-15(2,3)14(17)18/h6-7,10H,4-5,8-9H2,1-3H3,(H3,17,18). The first-order chi connectivity index (χ1) is 8.83. The van der Waals surface area contributed by atoms with Crippen LogP contribution in [-0.4, -0.2) is 12.4 Å². The van der Waals surface area contributed by atoms with Crippen LogP contribution in [0.5, 0.6) is 5.75 Å². The van der Waals surface area contributed by atoms with Crippen molar-refractivity contribution in [1.82, 2.24) is 0 Å². The van der Waals surface area contributed by atoms with Crippen molar-refractivity contribution in [2.45, 2.75) is 40.0 Å². The lowest BCUT2D eigenvalue weighted by Crippen LogP contribution is -2.30. The Morgan fingerprint density at radius 2 is 2.05 bits per heavy atom. The van der Waals surface area contributed by atoms with Gasteiger partial charge in [-0.2, -0.15) is 0 Å². The first-order valence-electron chi connectivity index (χ1n) is 6.56. The number of ether oxygens (including phenoxy) is 1. The van der Waals surface area contributed by atoms with Crippen LogP contribution in [0.2, 0.25) is 5.02 Å². The monoisotopic (exact) mass is 282 g/mol. The number of halogens is 1. The van der Waals surface area contributed by atoms with Crippen LogP contribution < -0.4 is 10.5 Å². The summed E-state index contributed by atoms with van der Waals surface area (Å²) in [5.41, 5.74) is 6.42. The van der Waals surface area contributed by atoms with E-state index in [1.165, 1.54) is 0 Å². The van der Waals surface area contributed by atoms with Gasteiger partial charge in [-0.1, -0.05) is 31.5 Å². The zero-order chi connectivity index (χ0) is 14.5. The highest BCUT2D eigenvalue weighted by Crippen LogP contribution is 2.24. The normalized spacial score (nSPS) is 11.4. The number of unbranched alkanes of at least 4 members (excludes halogenated alkanes) is 1. The van der Waals surface area contributed by atoms with Gasteiger partial charge in [0.2, 0.25) is 0 Å². The fourth-order valence-electron chi connectivity index (χ4n) is 1.72. The second-order valence-electron chi connectivity index (χ2n) is 5.51. The second kappa shape index (κ2) is 6.80. The lowest BCUT2D eigenvalue weighted by molar-refractivity contribution is 0.294. The number of hydrogen-bond donors (Lipinski definition) is 2. The molecule has 0 unspecified atom stereocenters. The van der Waals surface area contributed by atoms with E-state index in [2.05, 4.69) is 0 Å². The Labute approximate surface area is 120 Å². The predicted octanol–water partition coefficient (Wildman–Crippen LogP) is 4.16. The molecule has 0 saturated carbocycles. The Morgan fingerprint density at radius 1 is 1.37 bits per heavy atom. The fourth-order valence-corrected chi connectivity index (χ4v) is 1.88. The molecule has 0 fully saturated rings. The van der Waals surface area contributed by atoms with Crippen molar-refractivity contribution in [3.8, 4) is 5.75 Å². The quantitative estimate of drug-likeness (QED) is 0.448. The molecule has 106 valence electrons. The van der Waals surface area contributed by atoms with E-state index < -0.39 is 0 Å². The van der Waals surface area contributed by atoms with Gasteiger partial charge in [0.1, 0.15) is 5.75 Å². The van der Waals surface area contributed by atoms with E-state index >= 15 is 0 Å². The summed E-state index contributed by atoms with van der Waals surface area (Å²) in [5, 5.41) is 8.19. The zero-order valence-electron chi connectivity index (χ0n) is 11.9. The van der Waals surface area contributed by atoms with E-state index in [4.69, 9.17) is 27.5 Å². The Morgan fingerprint density at radius 3 is 2.68 bits per heavy atom. The van der Waals surface area contributed by atoms with Crippen LogP contribution in [0.3, 0.4) is 0 Å². The fraction of sp³-hybridized carbons (Fsp3) is 0.533. The molecule has 3 N–H and O–H groups in total. The molecule has 19 heavy (non-hydrogen) atoms. The van der Waals surface area contributed by atoms with Crippen LogP contribution >= 0.6 is 11.6 Å². The van der Waals surface area contributed by atoms with Crippen molar-refractivity contribution < 1.29 is 4.74 Å². The van der Waals surface area contributed by atoms with E-state index in [0.29, 0.717) is 11.6 Å². The summed E-state index contributed by atoms with van der Waals surface area (Å²) < 4.78 is 5.72. The zero-order valence-corrected chi connectivity index (χ0v) is 12.7. The van der Waals surface area contributed by atoms with Crippen LogP contribution in [0, 0.1) is 17.7 Å². The number of hydrogen-bond acceptors (Lipinski definition) is 2. The van der Waals surface area contributed by atoms with E-state index in [0.717, 1.165) is 30.6 Å². The summed E-state index contributed by atoms with van der Waals surface area (Å²) in [5.74, 6) is 1.09. The minimum absolute atomic E-state index is 0.216. The average Bonchev–Trinajstić information content (AvgIpc) is 2.32. The number of benzene rings is 1. The Hall–Kier alpha value is -1.22. The number of amidine groups is 1. The van der Waals surface area contributed by atoms with Crippen molar-refractivity contribution in [3.05, 3.63) is 28.8 Å². The number of aryl methyl sites for hydroxylation is 1. The molecule has 0 heterocycles. The van der Waals surface area contributed by atoms with Crippen molar-refractivity contribution in [3.63, 3.8) is 0 Å². The third-order valence-electron chi connectivity index (χ3n) is 3.33. The molecule has 1 aromatic rings. The van der Waals surface area contributed by atoms with Gasteiger partial charge in [-0.05, 0) is 43.9 Å². The second-order valence-corrected chi connectivity index (χ2v) is 5.95. The molecular formula is C15H23ClN2O. The van der Waals surface area contributed by atoms with Crippen LogP contribution in [0.4, 0.5) is 0 Å². The van der Waals surface area contributed by atoms with Crippen LogP contribution in [0.25, 0.3) is 0 Å². The van der Waals surface area contributed by atoms with E-state index in [1.54, 1.807) is 0 Å². The lowest BCUT2D eigenvalue weighted by atomic mass is 9.86. The lowest BCUT2D eigenvalue weighted by Gasteiger charge is -2.22. The maximum absolute atomic E-state index is 7.50. The molecule has 0 atom stereocenters. The molecular weight excluding hydrogens is 260 g/mol. The Bertz CT molecular complexity index is 444. The Balaban J connectivity index is 2.32. The summed E-state index contributed by atoms with van der Waals surface area (Å²) >= 11 is 5.93. The minimum atomic E-state index is -0.216. The van der Waals surface area contributed by atoms with E-state index in [-0.39, 0.29) is 11.3 Å². The largest absolute Gasteiger partial charge is 0.493 e. The summed E-state index contributed by atoms with van der Waals surface area (Å²) in [6.45, 7) is 6.66. The molecule has 0 radical (unpaired) electrons. The predicted molar refractivity (Wildman–Crippen MR) is 81.2 cm³/mol. The van der Waals surface area contributed by atoms with Crippen molar-refractivity contribution in [2.24, 2.45) is 11.1 Å². The van der Waals surface area contributed by atoms with Crippen LogP contribution in [-0.2, 0) is 0 Å². The maximum atomic E-state index is 7.50. The summed E-state index contributed by atoms with van der Waals surface area (Å²) in [6.07, 6.45) is 2.84. The highest BCUT2D eigenvalue weighted by molar-refractivity contribution is 6.30.